The van der Waals surface area contributed by atoms with Crippen molar-refractivity contribution in [1.82, 2.24) is 0 Å². The molecule has 0 spiro atoms. The summed E-state index contributed by atoms with van der Waals surface area (Å²) in [6.45, 7) is 1.19. The molecule has 0 aliphatic carbocycles. The Bertz CT molecular complexity index is 282. The molecule has 1 saturated heterocycles. The number of hydrogen-bond donors (Lipinski definition) is 0. The molecule has 82 valence electrons. The average Bonchev–Trinajstić information content (AvgIpc) is 3.09. The molecule has 0 N–H and O–H groups in total. The third-order valence-electron chi connectivity index (χ3n) is 2.44. The van der Waals surface area contributed by atoms with Crippen LogP contribution >= 0.6 is 0 Å². The molecule has 3 heteroatoms. The lowest BCUT2D eigenvalue weighted by atomic mass is 10.1. The minimum absolute atomic E-state index is 0.0821. The van der Waals surface area contributed by atoms with Crippen LogP contribution in [-0.2, 0) is 14.2 Å². The Hall–Kier alpha value is -0.900. The van der Waals surface area contributed by atoms with Crippen LogP contribution < -0.4 is 0 Å². The molecule has 1 heterocycles. The van der Waals surface area contributed by atoms with Crippen LogP contribution in [-0.4, -0.2) is 26.6 Å². The molecule has 0 saturated carbocycles. The summed E-state index contributed by atoms with van der Waals surface area (Å²) in [4.78, 5) is 0. The second-order valence-corrected chi connectivity index (χ2v) is 3.66. The second-order valence-electron chi connectivity index (χ2n) is 3.66. The summed E-state index contributed by atoms with van der Waals surface area (Å²) in [7, 11) is 1.63. The molecular weight excluding hydrogens is 192 g/mol. The molecule has 0 amide bonds. The van der Waals surface area contributed by atoms with Gasteiger partial charge in [0.2, 0.25) is 0 Å². The second kappa shape index (κ2) is 5.26. The van der Waals surface area contributed by atoms with Crippen LogP contribution in [0.1, 0.15) is 18.1 Å². The van der Waals surface area contributed by atoms with E-state index in [0.29, 0.717) is 12.9 Å². The van der Waals surface area contributed by atoms with Crippen molar-refractivity contribution in [2.45, 2.75) is 18.6 Å². The van der Waals surface area contributed by atoms with Crippen LogP contribution in [0.2, 0.25) is 0 Å². The van der Waals surface area contributed by atoms with Crippen LogP contribution in [0.25, 0.3) is 0 Å². The fourth-order valence-electron chi connectivity index (χ4n) is 1.56. The summed E-state index contributed by atoms with van der Waals surface area (Å²) in [5.41, 5.74) is 1.19. The highest BCUT2D eigenvalue weighted by Crippen LogP contribution is 2.28. The van der Waals surface area contributed by atoms with Crippen LogP contribution in [0.5, 0.6) is 0 Å². The molecular formula is C12H16O3. The standard InChI is InChI=1S/C12H16O3/c1-13-9-15-12(7-11-8-14-11)10-5-3-2-4-6-10/h2-6,11-12H,7-9H2,1H3/t11?,12-/m0/s1. The zero-order valence-electron chi connectivity index (χ0n) is 8.89. The zero-order chi connectivity index (χ0) is 10.5. The van der Waals surface area contributed by atoms with Crippen molar-refractivity contribution in [3.63, 3.8) is 0 Å². The van der Waals surface area contributed by atoms with Crippen LogP contribution in [0.15, 0.2) is 30.3 Å². The first kappa shape index (κ1) is 10.6. The van der Waals surface area contributed by atoms with Gasteiger partial charge in [0.1, 0.15) is 6.79 Å². The van der Waals surface area contributed by atoms with Crippen molar-refractivity contribution in [3.05, 3.63) is 35.9 Å². The van der Waals surface area contributed by atoms with E-state index in [2.05, 4.69) is 12.1 Å². The first-order chi connectivity index (χ1) is 7.40. The van der Waals surface area contributed by atoms with Crippen molar-refractivity contribution in [3.8, 4) is 0 Å². The Morgan fingerprint density at radius 3 is 2.73 bits per heavy atom. The van der Waals surface area contributed by atoms with Gasteiger partial charge in [-0.25, -0.2) is 0 Å². The van der Waals surface area contributed by atoms with Gasteiger partial charge >= 0.3 is 0 Å². The molecule has 1 aromatic rings. The van der Waals surface area contributed by atoms with Crippen molar-refractivity contribution in [2.24, 2.45) is 0 Å². The molecule has 1 aromatic carbocycles. The van der Waals surface area contributed by atoms with Crippen LogP contribution in [0.4, 0.5) is 0 Å². The number of methoxy groups -OCH3 is 1. The summed E-state index contributed by atoms with van der Waals surface area (Å²) < 4.78 is 15.8. The van der Waals surface area contributed by atoms with Gasteiger partial charge in [-0.1, -0.05) is 30.3 Å². The molecule has 1 unspecified atom stereocenters. The van der Waals surface area contributed by atoms with Gasteiger partial charge in [-0.2, -0.15) is 0 Å². The van der Waals surface area contributed by atoms with Gasteiger partial charge in [-0.15, -0.1) is 0 Å². The third kappa shape index (κ3) is 3.30. The van der Waals surface area contributed by atoms with E-state index in [0.717, 1.165) is 13.0 Å². The van der Waals surface area contributed by atoms with E-state index in [9.17, 15) is 0 Å². The highest BCUT2D eigenvalue weighted by atomic mass is 16.7. The van der Waals surface area contributed by atoms with E-state index >= 15 is 0 Å². The van der Waals surface area contributed by atoms with E-state index in [-0.39, 0.29) is 6.10 Å². The highest BCUT2D eigenvalue weighted by Gasteiger charge is 2.27. The minimum atomic E-state index is 0.0821. The van der Waals surface area contributed by atoms with Crippen LogP contribution in [0, 0.1) is 0 Å². The Morgan fingerprint density at radius 1 is 1.40 bits per heavy atom. The molecule has 2 rings (SSSR count). The van der Waals surface area contributed by atoms with E-state index in [1.165, 1.54) is 5.56 Å². The summed E-state index contributed by atoms with van der Waals surface area (Å²) >= 11 is 0. The van der Waals surface area contributed by atoms with Crippen molar-refractivity contribution in [2.75, 3.05) is 20.5 Å². The lowest BCUT2D eigenvalue weighted by Crippen LogP contribution is -2.09. The number of epoxide rings is 1. The van der Waals surface area contributed by atoms with Crippen molar-refractivity contribution < 1.29 is 14.2 Å². The van der Waals surface area contributed by atoms with E-state index in [1.54, 1.807) is 7.11 Å². The predicted octanol–water partition coefficient (Wildman–Crippen LogP) is 2.14. The molecule has 1 aliphatic heterocycles. The third-order valence-corrected chi connectivity index (χ3v) is 2.44. The summed E-state index contributed by atoms with van der Waals surface area (Å²) in [5, 5.41) is 0. The maximum absolute atomic E-state index is 5.63. The topological polar surface area (TPSA) is 31.0 Å². The van der Waals surface area contributed by atoms with Gasteiger partial charge in [0.25, 0.3) is 0 Å². The van der Waals surface area contributed by atoms with Gasteiger partial charge in [-0.05, 0) is 5.56 Å². The molecule has 1 fully saturated rings. The highest BCUT2D eigenvalue weighted by molar-refractivity contribution is 5.17. The van der Waals surface area contributed by atoms with Gasteiger partial charge in [0.15, 0.2) is 0 Å². The van der Waals surface area contributed by atoms with Gasteiger partial charge in [0.05, 0.1) is 18.8 Å². The van der Waals surface area contributed by atoms with E-state index < -0.39 is 0 Å². The van der Waals surface area contributed by atoms with E-state index in [4.69, 9.17) is 14.2 Å². The number of ether oxygens (including phenoxy) is 3. The molecule has 0 aromatic heterocycles. The first-order valence-electron chi connectivity index (χ1n) is 5.17. The smallest absolute Gasteiger partial charge is 0.147 e. The largest absolute Gasteiger partial charge is 0.373 e. The first-order valence-corrected chi connectivity index (χ1v) is 5.17. The minimum Gasteiger partial charge on any atom is -0.373 e. The molecule has 1 aliphatic rings. The molecule has 0 radical (unpaired) electrons. The predicted molar refractivity (Wildman–Crippen MR) is 56.5 cm³/mol. The summed E-state index contributed by atoms with van der Waals surface area (Å²) in [6.07, 6.45) is 1.36. The fourth-order valence-corrected chi connectivity index (χ4v) is 1.56. The Balaban J connectivity index is 1.96. The number of hydrogen-bond acceptors (Lipinski definition) is 3. The quantitative estimate of drug-likeness (QED) is 0.530. The Kier molecular flexibility index (Phi) is 3.72. The number of benzene rings is 1. The Morgan fingerprint density at radius 2 is 2.13 bits per heavy atom. The van der Waals surface area contributed by atoms with Gasteiger partial charge in [-0.3, -0.25) is 0 Å². The molecule has 0 bridgehead atoms. The monoisotopic (exact) mass is 208 g/mol. The van der Waals surface area contributed by atoms with Crippen LogP contribution in [0.3, 0.4) is 0 Å². The zero-order valence-corrected chi connectivity index (χ0v) is 8.89. The lowest BCUT2D eigenvalue weighted by molar-refractivity contribution is -0.0775. The van der Waals surface area contributed by atoms with Gasteiger partial charge < -0.3 is 14.2 Å². The molecule has 2 atom stereocenters. The normalized spacial score (nSPS) is 21.3. The summed E-state index contributed by atoms with van der Waals surface area (Å²) in [6, 6.07) is 10.2. The van der Waals surface area contributed by atoms with E-state index in [1.807, 2.05) is 18.2 Å². The lowest BCUT2D eigenvalue weighted by Gasteiger charge is -2.16. The average molecular weight is 208 g/mol. The molecule has 15 heavy (non-hydrogen) atoms. The maximum atomic E-state index is 5.63. The van der Waals surface area contributed by atoms with Crippen molar-refractivity contribution >= 4 is 0 Å². The maximum Gasteiger partial charge on any atom is 0.147 e. The van der Waals surface area contributed by atoms with Gasteiger partial charge in [0, 0.05) is 13.5 Å². The molecule has 3 nitrogen and oxygen atoms in total. The fraction of sp³-hybridized carbons (Fsp3) is 0.500. The van der Waals surface area contributed by atoms with Crippen molar-refractivity contribution in [1.29, 1.82) is 0 Å². The summed E-state index contributed by atoms with van der Waals surface area (Å²) in [5.74, 6) is 0. The SMILES string of the molecule is COCO[C@@H](CC1CO1)c1ccccc1. The Labute approximate surface area is 90.0 Å². The number of rotatable bonds is 6.